The molecular weight excluding hydrogens is 160 g/mol. The van der Waals surface area contributed by atoms with Gasteiger partial charge in [0.15, 0.2) is 5.88 Å². The highest BCUT2D eigenvalue weighted by atomic mass is 32.2. The van der Waals surface area contributed by atoms with E-state index in [2.05, 4.69) is 15.4 Å². The highest BCUT2D eigenvalue weighted by Gasteiger charge is 2.03. The Bertz CT molecular complexity index is 189. The van der Waals surface area contributed by atoms with Crippen molar-refractivity contribution >= 4 is 11.9 Å². The number of hydrogen-bond donors (Lipinski definition) is 2. The van der Waals surface area contributed by atoms with Gasteiger partial charge in [-0.3, -0.25) is 4.72 Å². The molecule has 0 aromatic carbocycles. The van der Waals surface area contributed by atoms with Gasteiger partial charge in [0.2, 0.25) is 0 Å². The van der Waals surface area contributed by atoms with Gasteiger partial charge >= 0.3 is 0 Å². The van der Waals surface area contributed by atoms with E-state index in [0.717, 1.165) is 11.6 Å². The molecule has 0 bridgehead atoms. The average Bonchev–Trinajstić information content (AvgIpc) is 2.06. The van der Waals surface area contributed by atoms with Gasteiger partial charge in [-0.05, 0) is 18.9 Å². The Labute approximate surface area is 71.0 Å². The number of rotatable bonds is 3. The van der Waals surface area contributed by atoms with Crippen molar-refractivity contribution in [2.45, 2.75) is 6.92 Å². The van der Waals surface area contributed by atoms with Gasteiger partial charge in [0.1, 0.15) is 0 Å². The largest absolute Gasteiger partial charge is 0.479 e. The Balaban J connectivity index is 2.53. The predicted molar refractivity (Wildman–Crippen MR) is 46.3 cm³/mol. The Hall–Kier alpha value is -0.770. The van der Waals surface area contributed by atoms with E-state index < -0.39 is 0 Å². The van der Waals surface area contributed by atoms with Crippen LogP contribution in [0.2, 0.25) is 0 Å². The fourth-order valence-electron chi connectivity index (χ4n) is 0.671. The molecule has 0 fully saturated rings. The lowest BCUT2D eigenvalue weighted by molar-refractivity contribution is 0.219. The Morgan fingerprint density at radius 1 is 1.82 bits per heavy atom. The number of ether oxygens (including phenoxy) is 1. The second kappa shape index (κ2) is 4.18. The highest BCUT2D eigenvalue weighted by Crippen LogP contribution is 2.12. The molecule has 11 heavy (non-hydrogen) atoms. The zero-order valence-electron chi connectivity index (χ0n) is 6.60. The van der Waals surface area contributed by atoms with Gasteiger partial charge < -0.3 is 10.1 Å². The highest BCUT2D eigenvalue weighted by molar-refractivity contribution is 7.99. The monoisotopic (exact) mass is 171 g/mol. The summed E-state index contributed by atoms with van der Waals surface area (Å²) in [5.74, 6) is 0.778. The molecule has 1 aliphatic rings. The standard InChI is InChI=1S/C7H11N2OS/c1-3-10-7-4-6(8-2)5-11-9-7/h4,8-9H,3H2,1-2H3. The van der Waals surface area contributed by atoms with Crippen LogP contribution in [0.5, 0.6) is 0 Å². The molecule has 0 unspecified atom stereocenters. The molecule has 3 nitrogen and oxygen atoms in total. The van der Waals surface area contributed by atoms with E-state index in [4.69, 9.17) is 4.74 Å². The smallest absolute Gasteiger partial charge is 0.199 e. The second-order valence-corrected chi connectivity index (χ2v) is 2.52. The van der Waals surface area contributed by atoms with Crippen molar-refractivity contribution in [1.29, 1.82) is 0 Å². The van der Waals surface area contributed by atoms with Crippen molar-refractivity contribution in [2.24, 2.45) is 0 Å². The molecule has 0 spiro atoms. The summed E-state index contributed by atoms with van der Waals surface area (Å²) in [5, 5.41) is 5.99. The minimum atomic E-state index is 0.677. The van der Waals surface area contributed by atoms with Crippen LogP contribution in [-0.2, 0) is 4.74 Å². The van der Waals surface area contributed by atoms with Crippen molar-refractivity contribution in [3.8, 4) is 0 Å². The second-order valence-electron chi connectivity index (χ2n) is 1.91. The van der Waals surface area contributed by atoms with Gasteiger partial charge in [-0.1, -0.05) is 0 Å². The van der Waals surface area contributed by atoms with E-state index in [1.54, 1.807) is 0 Å². The molecule has 1 aliphatic heterocycles. The van der Waals surface area contributed by atoms with Gasteiger partial charge in [-0.15, -0.1) is 0 Å². The number of hydrogen-bond acceptors (Lipinski definition) is 4. The normalized spacial score (nSPS) is 16.2. The third-order valence-electron chi connectivity index (χ3n) is 1.16. The first-order chi connectivity index (χ1) is 5.36. The van der Waals surface area contributed by atoms with Crippen molar-refractivity contribution in [2.75, 3.05) is 13.7 Å². The molecule has 61 valence electrons. The Kier molecular flexibility index (Phi) is 3.16. The van der Waals surface area contributed by atoms with Crippen molar-refractivity contribution in [3.63, 3.8) is 0 Å². The Morgan fingerprint density at radius 2 is 2.64 bits per heavy atom. The third-order valence-corrected chi connectivity index (χ3v) is 1.78. The summed E-state index contributed by atoms with van der Waals surface area (Å²) in [7, 11) is 1.86. The summed E-state index contributed by atoms with van der Waals surface area (Å²) in [5.41, 5.74) is 0.942. The van der Waals surface area contributed by atoms with Gasteiger partial charge in [0.25, 0.3) is 0 Å². The molecule has 0 saturated carbocycles. The minimum Gasteiger partial charge on any atom is -0.479 e. The summed E-state index contributed by atoms with van der Waals surface area (Å²) >= 11 is 1.38. The maximum Gasteiger partial charge on any atom is 0.199 e. The number of allylic oxidation sites excluding steroid dienone is 1. The van der Waals surface area contributed by atoms with Crippen LogP contribution in [0.25, 0.3) is 0 Å². The molecule has 0 aromatic heterocycles. The minimum absolute atomic E-state index is 0.677. The van der Waals surface area contributed by atoms with Crippen molar-refractivity contribution in [1.82, 2.24) is 10.0 Å². The summed E-state index contributed by atoms with van der Waals surface area (Å²) < 4.78 is 8.21. The molecule has 0 saturated heterocycles. The van der Waals surface area contributed by atoms with Gasteiger partial charge in [-0.25, -0.2) is 0 Å². The molecular formula is C7H11N2OS. The van der Waals surface area contributed by atoms with Crippen LogP contribution in [0.4, 0.5) is 0 Å². The first kappa shape index (κ1) is 8.33. The summed E-state index contributed by atoms with van der Waals surface area (Å²) in [6.45, 7) is 2.63. The molecule has 1 rings (SSSR count). The molecule has 1 heterocycles. The van der Waals surface area contributed by atoms with Crippen LogP contribution in [0.1, 0.15) is 6.92 Å². The van der Waals surface area contributed by atoms with Gasteiger partial charge in [-0.2, -0.15) is 0 Å². The fourth-order valence-corrected chi connectivity index (χ4v) is 1.21. The van der Waals surface area contributed by atoms with Crippen molar-refractivity contribution in [3.05, 3.63) is 23.1 Å². The number of nitrogens with one attached hydrogen (secondary N) is 2. The van der Waals surface area contributed by atoms with Crippen LogP contribution in [0.15, 0.2) is 17.7 Å². The molecule has 2 N–H and O–H groups in total. The van der Waals surface area contributed by atoms with E-state index in [-0.39, 0.29) is 0 Å². The molecule has 1 radical (unpaired) electrons. The predicted octanol–water partition coefficient (Wildman–Crippen LogP) is 0.980. The maximum absolute atomic E-state index is 5.24. The van der Waals surface area contributed by atoms with Crippen LogP contribution in [-0.4, -0.2) is 13.7 Å². The lowest BCUT2D eigenvalue weighted by Gasteiger charge is -2.13. The van der Waals surface area contributed by atoms with E-state index in [1.165, 1.54) is 11.9 Å². The fraction of sp³-hybridized carbons (Fsp3) is 0.429. The van der Waals surface area contributed by atoms with E-state index in [1.807, 2.05) is 20.0 Å². The summed E-state index contributed by atoms with van der Waals surface area (Å²) in [6, 6.07) is 0. The van der Waals surface area contributed by atoms with Crippen molar-refractivity contribution < 1.29 is 4.74 Å². The van der Waals surface area contributed by atoms with Gasteiger partial charge in [0, 0.05) is 13.1 Å². The quantitative estimate of drug-likeness (QED) is 0.620. The van der Waals surface area contributed by atoms with Crippen LogP contribution in [0.3, 0.4) is 0 Å². The molecule has 0 amide bonds. The molecule has 0 aromatic rings. The first-order valence-corrected chi connectivity index (χ1v) is 4.25. The van der Waals surface area contributed by atoms with Crippen LogP contribution in [0, 0.1) is 5.41 Å². The Morgan fingerprint density at radius 3 is 3.27 bits per heavy atom. The zero-order chi connectivity index (χ0) is 8.10. The van der Waals surface area contributed by atoms with Crippen LogP contribution < -0.4 is 10.0 Å². The average molecular weight is 171 g/mol. The molecule has 4 heteroatoms. The lowest BCUT2D eigenvalue weighted by Crippen LogP contribution is -2.15. The first-order valence-electron chi connectivity index (χ1n) is 3.44. The summed E-state index contributed by atoms with van der Waals surface area (Å²) in [4.78, 5) is 0. The van der Waals surface area contributed by atoms with E-state index in [0.29, 0.717) is 6.61 Å². The lowest BCUT2D eigenvalue weighted by atomic mass is 10.4. The molecule has 0 atom stereocenters. The maximum atomic E-state index is 5.24. The third kappa shape index (κ3) is 2.38. The zero-order valence-corrected chi connectivity index (χ0v) is 7.42. The molecule has 0 aliphatic carbocycles. The summed E-state index contributed by atoms with van der Waals surface area (Å²) in [6.07, 6.45) is 1.88. The van der Waals surface area contributed by atoms with E-state index in [9.17, 15) is 0 Å². The van der Waals surface area contributed by atoms with E-state index >= 15 is 0 Å². The van der Waals surface area contributed by atoms with Crippen LogP contribution >= 0.6 is 11.9 Å². The SMILES string of the molecule is CCOC1=CC(NC)=[C]SN1. The number of likely N-dealkylation sites (N-methyl/N-ethyl adjacent to an activating group) is 1. The topological polar surface area (TPSA) is 33.3 Å². The van der Waals surface area contributed by atoms with Gasteiger partial charge in [0.05, 0.1) is 17.7 Å².